The quantitative estimate of drug-likeness (QED) is 0.0844. The fourth-order valence-electron chi connectivity index (χ4n) is 4.90. The van der Waals surface area contributed by atoms with Gasteiger partial charge in [0.05, 0.1) is 25.8 Å². The monoisotopic (exact) mass is 721 g/mol. The molecule has 0 saturated heterocycles. The van der Waals surface area contributed by atoms with Crippen LogP contribution in [0.15, 0.2) is 57.4 Å². The lowest BCUT2D eigenvalue weighted by Gasteiger charge is -2.08. The van der Waals surface area contributed by atoms with Crippen LogP contribution in [0, 0.1) is 0 Å². The molecule has 0 aliphatic rings. The number of hydrogen-bond donors (Lipinski definition) is 1. The Morgan fingerprint density at radius 2 is 1.43 bits per heavy atom. The number of benzene rings is 2. The molecule has 258 valence electrons. The Kier molecular flexibility index (Phi) is 15.6. The standard InChI is InChI=1S/C31H45F2N3O6S4/c1-3-4-5-6-7-8-9-10-11-12-13-14-15-16-22-44(37)42-25-18-17-19-27(23-25)46(40,41)35-34-31-36(2)28-24-26(20-21-29(28)43-31)45(38,39)30(32)33/h17-21,23-24,30,35H,3-16,22H2,1-2H3/b34-31+. The summed E-state index contributed by atoms with van der Waals surface area (Å²) in [5.41, 5.74) is 0.293. The van der Waals surface area contributed by atoms with Crippen LogP contribution in [-0.4, -0.2) is 37.1 Å². The van der Waals surface area contributed by atoms with E-state index in [1.165, 1.54) is 113 Å². The summed E-state index contributed by atoms with van der Waals surface area (Å²) in [5, 5.41) is 3.96. The first kappa shape index (κ1) is 38.1. The van der Waals surface area contributed by atoms with E-state index in [4.69, 9.17) is 4.18 Å². The fourth-order valence-corrected chi connectivity index (χ4v) is 8.34. The van der Waals surface area contributed by atoms with Gasteiger partial charge < -0.3 is 8.75 Å². The van der Waals surface area contributed by atoms with E-state index in [2.05, 4.69) is 16.9 Å². The van der Waals surface area contributed by atoms with Gasteiger partial charge in [0, 0.05) is 13.1 Å². The second-order valence-electron chi connectivity index (χ2n) is 11.2. The molecule has 9 nitrogen and oxygen atoms in total. The van der Waals surface area contributed by atoms with Crippen LogP contribution in [0.25, 0.3) is 10.2 Å². The van der Waals surface area contributed by atoms with Crippen molar-refractivity contribution in [2.75, 3.05) is 5.75 Å². The number of sulfonamides is 1. The van der Waals surface area contributed by atoms with Crippen LogP contribution in [0.1, 0.15) is 96.8 Å². The van der Waals surface area contributed by atoms with Crippen LogP contribution in [0.3, 0.4) is 0 Å². The summed E-state index contributed by atoms with van der Waals surface area (Å²) in [6, 6.07) is 9.13. The predicted octanol–water partition coefficient (Wildman–Crippen LogP) is 7.55. The highest BCUT2D eigenvalue weighted by atomic mass is 32.2. The number of nitrogens with zero attached hydrogens (tertiary/aromatic N) is 2. The first-order valence-electron chi connectivity index (χ1n) is 15.8. The Morgan fingerprint density at radius 1 is 0.848 bits per heavy atom. The normalized spacial score (nSPS) is 13.5. The molecular formula is C31H45F2N3O6S4. The second kappa shape index (κ2) is 18.8. The molecule has 1 heterocycles. The Morgan fingerprint density at radius 3 is 2.02 bits per heavy atom. The van der Waals surface area contributed by atoms with Gasteiger partial charge in [-0.05, 0) is 36.8 Å². The molecule has 0 amide bonds. The van der Waals surface area contributed by atoms with E-state index < -0.39 is 41.6 Å². The Hall–Kier alpha value is -2.36. The number of alkyl halides is 2. The Bertz CT molecular complexity index is 1710. The average molecular weight is 722 g/mol. The number of unbranched alkanes of at least 4 members (excludes halogenated alkanes) is 13. The minimum absolute atomic E-state index is 0.145. The number of aromatic nitrogens is 1. The molecular weight excluding hydrogens is 677 g/mol. The van der Waals surface area contributed by atoms with E-state index >= 15 is 0 Å². The highest BCUT2D eigenvalue weighted by Crippen LogP contribution is 2.25. The Balaban J connectivity index is 1.44. The van der Waals surface area contributed by atoms with E-state index in [0.717, 1.165) is 42.7 Å². The highest BCUT2D eigenvalue weighted by Gasteiger charge is 2.27. The molecule has 0 bridgehead atoms. The minimum atomic E-state index is -4.79. The number of thiazole rings is 1. The van der Waals surface area contributed by atoms with Gasteiger partial charge in [0.1, 0.15) is 5.75 Å². The zero-order chi connectivity index (χ0) is 33.6. The molecule has 0 saturated carbocycles. The lowest BCUT2D eigenvalue weighted by molar-refractivity contribution is 0.235. The second-order valence-corrected chi connectivity index (χ2v) is 17.0. The lowest BCUT2D eigenvalue weighted by Crippen LogP contribution is -2.23. The average Bonchev–Trinajstić information content (AvgIpc) is 3.34. The van der Waals surface area contributed by atoms with Gasteiger partial charge in [-0.15, -0.1) is 5.10 Å². The molecule has 2 aromatic carbocycles. The molecule has 0 aliphatic carbocycles. The van der Waals surface area contributed by atoms with E-state index in [-0.39, 0.29) is 15.4 Å². The van der Waals surface area contributed by atoms with Gasteiger partial charge in [-0.1, -0.05) is 108 Å². The molecule has 0 fully saturated rings. The van der Waals surface area contributed by atoms with Gasteiger partial charge in [-0.3, -0.25) is 0 Å². The minimum Gasteiger partial charge on any atom is -0.400 e. The third kappa shape index (κ3) is 11.7. The summed E-state index contributed by atoms with van der Waals surface area (Å²) < 4.78 is 95.4. The molecule has 0 radical (unpaired) electrons. The fraction of sp³-hybridized carbons (Fsp3) is 0.581. The zero-order valence-corrected chi connectivity index (χ0v) is 29.7. The first-order chi connectivity index (χ1) is 22.0. The maximum atomic E-state index is 13.0. The zero-order valence-electron chi connectivity index (χ0n) is 26.5. The highest BCUT2D eigenvalue weighted by molar-refractivity contribution is 7.91. The molecule has 1 aromatic heterocycles. The molecule has 15 heteroatoms. The smallest absolute Gasteiger partial charge is 0.341 e. The molecule has 46 heavy (non-hydrogen) atoms. The summed E-state index contributed by atoms with van der Waals surface area (Å²) >= 11 is -0.568. The number of fused-ring (bicyclic) bond motifs is 1. The van der Waals surface area contributed by atoms with Crippen molar-refractivity contribution in [3.05, 3.63) is 47.3 Å². The van der Waals surface area contributed by atoms with Crippen molar-refractivity contribution in [1.82, 2.24) is 9.40 Å². The van der Waals surface area contributed by atoms with Gasteiger partial charge >= 0.3 is 5.76 Å². The maximum absolute atomic E-state index is 13.0. The maximum Gasteiger partial charge on any atom is 0.341 e. The van der Waals surface area contributed by atoms with Crippen LogP contribution in [0.5, 0.6) is 5.75 Å². The van der Waals surface area contributed by atoms with E-state index in [0.29, 0.717) is 16.0 Å². The van der Waals surface area contributed by atoms with Crippen molar-refractivity contribution in [3.63, 3.8) is 0 Å². The van der Waals surface area contributed by atoms with Crippen molar-refractivity contribution in [2.24, 2.45) is 12.1 Å². The van der Waals surface area contributed by atoms with Crippen LogP contribution >= 0.6 is 11.3 Å². The number of rotatable bonds is 22. The number of aryl methyl sites for hydroxylation is 1. The van der Waals surface area contributed by atoms with Crippen molar-refractivity contribution in [3.8, 4) is 5.75 Å². The summed E-state index contributed by atoms with van der Waals surface area (Å²) in [7, 11) is -7.44. The van der Waals surface area contributed by atoms with E-state index in [9.17, 15) is 29.8 Å². The van der Waals surface area contributed by atoms with Crippen molar-refractivity contribution in [2.45, 2.75) is 112 Å². The van der Waals surface area contributed by atoms with Crippen molar-refractivity contribution in [1.29, 1.82) is 0 Å². The van der Waals surface area contributed by atoms with Crippen LogP contribution in [0.4, 0.5) is 8.78 Å². The van der Waals surface area contributed by atoms with Gasteiger partial charge in [0.15, 0.2) is 0 Å². The molecule has 1 unspecified atom stereocenters. The first-order valence-corrected chi connectivity index (χ1v) is 20.9. The molecule has 1 atom stereocenters. The number of halogens is 2. The number of hydrogen-bond acceptors (Lipinski definition) is 8. The molecule has 1 N–H and O–H groups in total. The summed E-state index contributed by atoms with van der Waals surface area (Å²) in [4.78, 5) is 1.59. The van der Waals surface area contributed by atoms with Crippen molar-refractivity contribution < 1.29 is 34.0 Å². The molecule has 3 aromatic rings. The molecule has 3 rings (SSSR count). The van der Waals surface area contributed by atoms with Crippen LogP contribution in [0.2, 0.25) is 0 Å². The molecule has 0 spiro atoms. The van der Waals surface area contributed by atoms with Gasteiger partial charge in [-0.25, -0.2) is 12.6 Å². The third-order valence-corrected chi connectivity index (χ3v) is 12.3. The predicted molar refractivity (Wildman–Crippen MR) is 180 cm³/mol. The van der Waals surface area contributed by atoms with Crippen molar-refractivity contribution >= 4 is 52.5 Å². The van der Waals surface area contributed by atoms with Crippen LogP contribution in [-0.2, 0) is 38.0 Å². The van der Waals surface area contributed by atoms with E-state index in [1.54, 1.807) is 0 Å². The largest absolute Gasteiger partial charge is 0.400 e. The van der Waals surface area contributed by atoms with Crippen LogP contribution < -0.4 is 13.8 Å². The van der Waals surface area contributed by atoms with E-state index in [1.807, 2.05) is 0 Å². The van der Waals surface area contributed by atoms with Gasteiger partial charge in [0.25, 0.3) is 10.0 Å². The SMILES string of the molecule is CCCCCCCCCCCCCCCCS(=O)Oc1cccc(S(=O)(=O)N/N=c2/sc3ccc(S(=O)(=O)C(F)F)cc3n2C)c1. The number of nitrogens with one attached hydrogen (secondary N) is 1. The topological polar surface area (TPSA) is 124 Å². The van der Waals surface area contributed by atoms with Gasteiger partial charge in [-0.2, -0.15) is 22.0 Å². The van der Waals surface area contributed by atoms with Gasteiger partial charge in [0.2, 0.25) is 25.7 Å². The Labute approximate surface area is 278 Å². The molecule has 0 aliphatic heterocycles. The summed E-state index contributed by atoms with van der Waals surface area (Å²) in [5.74, 6) is -3.07. The third-order valence-electron chi connectivity index (χ3n) is 7.57. The summed E-state index contributed by atoms with van der Waals surface area (Å²) in [6.07, 6.45) is 17.2. The lowest BCUT2D eigenvalue weighted by atomic mass is 10.0. The number of sulfone groups is 1. The summed E-state index contributed by atoms with van der Waals surface area (Å²) in [6.45, 7) is 2.24.